The first-order chi connectivity index (χ1) is 9.61. The Hall–Kier alpha value is -1.68. The fourth-order valence-corrected chi connectivity index (χ4v) is 2.91. The second-order valence-electron chi connectivity index (χ2n) is 4.98. The summed E-state index contributed by atoms with van der Waals surface area (Å²) in [5, 5.41) is 22.8. The molecule has 0 radical (unpaired) electrons. The fourth-order valence-electron chi connectivity index (χ4n) is 2.91. The summed E-state index contributed by atoms with van der Waals surface area (Å²) in [6.45, 7) is 0.317. The average Bonchev–Trinajstić information content (AvgIpc) is 2.89. The van der Waals surface area contributed by atoms with Crippen LogP contribution in [0.15, 0.2) is 11.1 Å². The third-order valence-electron chi connectivity index (χ3n) is 3.88. The van der Waals surface area contributed by atoms with Crippen LogP contribution in [-0.2, 0) is 11.3 Å². The molecule has 2 aliphatic rings. The van der Waals surface area contributed by atoms with Crippen LogP contribution in [0.3, 0.4) is 0 Å². The predicted molar refractivity (Wildman–Crippen MR) is 74.5 cm³/mol. The second-order valence-corrected chi connectivity index (χ2v) is 4.98. The van der Waals surface area contributed by atoms with Gasteiger partial charge in [0.05, 0.1) is 12.9 Å². The van der Waals surface area contributed by atoms with E-state index < -0.39 is 30.2 Å². The number of fused-ring (bicyclic) bond motifs is 3. The number of aliphatic hydroxyl groups excluding tert-OH is 2. The van der Waals surface area contributed by atoms with Crippen LogP contribution < -0.4 is 11.0 Å². The molecule has 0 unspecified atom stereocenters. The number of rotatable bonds is 1. The van der Waals surface area contributed by atoms with Gasteiger partial charge in [-0.05, 0) is 0 Å². The number of nitrogens with one attached hydrogen (secondary N) is 1. The summed E-state index contributed by atoms with van der Waals surface area (Å²) in [6, 6.07) is 0. The van der Waals surface area contributed by atoms with Gasteiger partial charge in [-0.1, -0.05) is 0 Å². The van der Waals surface area contributed by atoms with E-state index >= 15 is 0 Å². The van der Waals surface area contributed by atoms with Crippen molar-refractivity contribution in [2.24, 2.45) is 0 Å². The Morgan fingerprint density at radius 2 is 2.19 bits per heavy atom. The molecular weight excluding hydrogens is 302 g/mol. The molecule has 4 rings (SSSR count). The number of imidazole rings is 1. The summed E-state index contributed by atoms with van der Waals surface area (Å²) >= 11 is 0. The third kappa shape index (κ3) is 1.72. The maximum absolute atomic E-state index is 12.2. The Bertz CT molecular complexity index is 759. The molecule has 1 fully saturated rings. The highest BCUT2D eigenvalue weighted by molar-refractivity contribution is 5.85. The van der Waals surface area contributed by atoms with Crippen LogP contribution in [0.25, 0.3) is 11.2 Å². The molecule has 9 nitrogen and oxygen atoms in total. The Morgan fingerprint density at radius 1 is 1.43 bits per heavy atom. The van der Waals surface area contributed by atoms with Gasteiger partial charge >= 0.3 is 5.69 Å². The van der Waals surface area contributed by atoms with Crippen LogP contribution in [0, 0.1) is 0 Å². The van der Waals surface area contributed by atoms with E-state index in [0.717, 1.165) is 0 Å². The zero-order valence-corrected chi connectivity index (χ0v) is 11.8. The topological polar surface area (TPSA) is 114 Å². The maximum Gasteiger partial charge on any atom is 0.353 e. The zero-order chi connectivity index (χ0) is 14.0. The van der Waals surface area contributed by atoms with Gasteiger partial charge in [0, 0.05) is 7.05 Å². The van der Waals surface area contributed by atoms with Crippen LogP contribution in [0.4, 0.5) is 5.82 Å². The Balaban J connectivity index is 0.00000132. The summed E-state index contributed by atoms with van der Waals surface area (Å²) < 4.78 is 8.58. The van der Waals surface area contributed by atoms with Crippen molar-refractivity contribution < 1.29 is 14.9 Å². The first kappa shape index (κ1) is 14.3. The van der Waals surface area contributed by atoms with E-state index in [4.69, 9.17) is 4.74 Å². The van der Waals surface area contributed by atoms with E-state index in [1.807, 2.05) is 0 Å². The van der Waals surface area contributed by atoms with Crippen molar-refractivity contribution in [2.45, 2.75) is 31.1 Å². The van der Waals surface area contributed by atoms with Gasteiger partial charge in [-0.3, -0.25) is 0 Å². The SMILES string of the molecule is CNc1nc(=O)n2c3c1ncn3C[C@H]1O[C@@H]2[C@H](O)[C@@H]1O.Cl. The van der Waals surface area contributed by atoms with Crippen molar-refractivity contribution in [3.63, 3.8) is 0 Å². The first-order valence-electron chi connectivity index (χ1n) is 6.28. The lowest BCUT2D eigenvalue weighted by atomic mass is 10.1. The standard InChI is InChI=1S/C11H13N5O4.ClH/c1-12-8-5-9-15(3-13-5)2-4-6(17)7(18)10(20-4)16(9)11(19)14-8;/h3-4,6-7,10,17-18H,2H2,1H3,(H,12,14,19);1H/t4-,6-,7-,10-;/m1./s1. The monoisotopic (exact) mass is 315 g/mol. The molecular formula is C11H14ClN5O4. The lowest BCUT2D eigenvalue weighted by Crippen LogP contribution is -2.39. The molecule has 114 valence electrons. The van der Waals surface area contributed by atoms with Gasteiger partial charge in [-0.25, -0.2) is 14.3 Å². The van der Waals surface area contributed by atoms with E-state index in [0.29, 0.717) is 23.5 Å². The molecule has 0 saturated carbocycles. The fraction of sp³-hybridized carbons (Fsp3) is 0.545. The molecule has 10 heteroatoms. The van der Waals surface area contributed by atoms with Gasteiger partial charge in [0.25, 0.3) is 0 Å². The molecule has 0 spiro atoms. The van der Waals surface area contributed by atoms with Gasteiger partial charge in [0.1, 0.15) is 23.8 Å². The van der Waals surface area contributed by atoms with Crippen molar-refractivity contribution in [2.75, 3.05) is 12.4 Å². The van der Waals surface area contributed by atoms with Crippen LogP contribution in [0.5, 0.6) is 0 Å². The summed E-state index contributed by atoms with van der Waals surface area (Å²) in [4.78, 5) is 20.4. The number of nitrogens with zero attached hydrogens (tertiary/aromatic N) is 4. The number of aromatic nitrogens is 4. The molecule has 0 aliphatic carbocycles. The van der Waals surface area contributed by atoms with Crippen molar-refractivity contribution in [3.8, 4) is 0 Å². The highest BCUT2D eigenvalue weighted by Crippen LogP contribution is 2.35. The third-order valence-corrected chi connectivity index (χ3v) is 3.88. The highest BCUT2D eigenvalue weighted by atomic mass is 35.5. The van der Waals surface area contributed by atoms with Gasteiger partial charge in [-0.15, -0.1) is 12.4 Å². The molecule has 1 saturated heterocycles. The molecule has 0 amide bonds. The summed E-state index contributed by atoms with van der Waals surface area (Å²) in [5.41, 5.74) is 0.514. The van der Waals surface area contributed by atoms with Gasteiger partial charge in [0.2, 0.25) is 0 Å². The smallest absolute Gasteiger partial charge is 0.353 e. The minimum atomic E-state index is -1.16. The number of aliphatic hydroxyl groups is 2. The van der Waals surface area contributed by atoms with E-state index in [1.54, 1.807) is 17.9 Å². The van der Waals surface area contributed by atoms with E-state index in [1.165, 1.54) is 4.57 Å². The Labute approximate surface area is 124 Å². The lowest BCUT2D eigenvalue weighted by Gasteiger charge is -2.20. The van der Waals surface area contributed by atoms with Crippen molar-refractivity contribution in [3.05, 3.63) is 16.8 Å². The first-order valence-corrected chi connectivity index (χ1v) is 6.28. The minimum absolute atomic E-state index is 0. The largest absolute Gasteiger partial charge is 0.387 e. The van der Waals surface area contributed by atoms with Crippen molar-refractivity contribution >= 4 is 29.4 Å². The molecule has 4 heterocycles. The molecule has 2 bridgehead atoms. The van der Waals surface area contributed by atoms with Crippen LogP contribution in [0.1, 0.15) is 6.23 Å². The average molecular weight is 316 g/mol. The number of ether oxygens (including phenoxy) is 1. The number of anilines is 1. The van der Waals surface area contributed by atoms with Gasteiger partial charge in [-0.2, -0.15) is 4.98 Å². The van der Waals surface area contributed by atoms with Crippen LogP contribution in [0.2, 0.25) is 0 Å². The number of halogens is 1. The quantitative estimate of drug-likeness (QED) is 0.598. The van der Waals surface area contributed by atoms with E-state index in [2.05, 4.69) is 15.3 Å². The van der Waals surface area contributed by atoms with E-state index in [9.17, 15) is 15.0 Å². The van der Waals surface area contributed by atoms with Crippen molar-refractivity contribution in [1.82, 2.24) is 19.1 Å². The Kier molecular flexibility index (Phi) is 3.17. The maximum atomic E-state index is 12.2. The predicted octanol–water partition coefficient (Wildman–Crippen LogP) is -1.31. The highest BCUT2D eigenvalue weighted by Gasteiger charge is 2.47. The van der Waals surface area contributed by atoms with Gasteiger partial charge < -0.3 is 24.8 Å². The summed E-state index contributed by atoms with van der Waals surface area (Å²) in [7, 11) is 1.66. The number of hydrogen-bond acceptors (Lipinski definition) is 7. The normalized spacial score (nSPS) is 30.0. The zero-order valence-electron chi connectivity index (χ0n) is 11.0. The van der Waals surface area contributed by atoms with Crippen LogP contribution in [-0.4, -0.2) is 54.7 Å². The molecule has 2 aliphatic heterocycles. The molecule has 4 atom stereocenters. The molecule has 2 aromatic heterocycles. The molecule has 3 N–H and O–H groups in total. The minimum Gasteiger partial charge on any atom is -0.387 e. The summed E-state index contributed by atoms with van der Waals surface area (Å²) in [5.74, 6) is 0.382. The molecule has 21 heavy (non-hydrogen) atoms. The Morgan fingerprint density at radius 3 is 2.90 bits per heavy atom. The lowest BCUT2D eigenvalue weighted by molar-refractivity contribution is -0.0352. The molecule has 2 aromatic rings. The molecule has 0 aromatic carbocycles. The van der Waals surface area contributed by atoms with Gasteiger partial charge in [0.15, 0.2) is 17.7 Å². The summed E-state index contributed by atoms with van der Waals surface area (Å²) in [6.07, 6.45) is -2.15. The van der Waals surface area contributed by atoms with E-state index in [-0.39, 0.29) is 12.4 Å². The number of hydrogen-bond donors (Lipinski definition) is 3. The van der Waals surface area contributed by atoms with Crippen molar-refractivity contribution in [1.29, 1.82) is 0 Å². The van der Waals surface area contributed by atoms with Crippen LogP contribution >= 0.6 is 12.4 Å². The second kappa shape index (κ2) is 4.67.